The minimum absolute atomic E-state index is 0.164. The van der Waals surface area contributed by atoms with Crippen LogP contribution >= 0.6 is 15.9 Å². The van der Waals surface area contributed by atoms with Crippen LogP contribution in [0, 0.1) is 0 Å². The number of hydrogen-bond donors (Lipinski definition) is 2. The Hall–Kier alpha value is -1.44. The third kappa shape index (κ3) is 6.22. The van der Waals surface area contributed by atoms with E-state index >= 15 is 0 Å². The summed E-state index contributed by atoms with van der Waals surface area (Å²) in [5.74, 6) is 0.449. The predicted octanol–water partition coefficient (Wildman–Crippen LogP) is 3.54. The van der Waals surface area contributed by atoms with Gasteiger partial charge in [-0.2, -0.15) is 13.2 Å². The van der Waals surface area contributed by atoms with Gasteiger partial charge in [0, 0.05) is 35.8 Å². The molecule has 0 bridgehead atoms. The Bertz CT molecular complexity index is 545. The maximum absolute atomic E-state index is 12.2. The summed E-state index contributed by atoms with van der Waals surface area (Å²) in [5, 5.41) is 6.24. The number of halogens is 4. The van der Waals surface area contributed by atoms with Gasteiger partial charge in [0.15, 0.2) is 5.96 Å². The van der Waals surface area contributed by atoms with Gasteiger partial charge >= 0.3 is 6.18 Å². The summed E-state index contributed by atoms with van der Waals surface area (Å²) < 4.78 is 37.8. The minimum atomic E-state index is -4.17. The van der Waals surface area contributed by atoms with Crippen LogP contribution in [0.5, 0.6) is 0 Å². The lowest BCUT2D eigenvalue weighted by Crippen LogP contribution is -2.44. The number of benzene rings is 1. The molecule has 2 rings (SSSR count). The third-order valence-corrected chi connectivity index (χ3v) is 4.26. The average molecular weight is 407 g/mol. The minimum Gasteiger partial charge on any atom is -0.369 e. The Balaban J connectivity index is 1.88. The molecule has 4 nitrogen and oxygen atoms in total. The van der Waals surface area contributed by atoms with Gasteiger partial charge in [0.1, 0.15) is 0 Å². The van der Waals surface area contributed by atoms with Crippen LogP contribution in [0.2, 0.25) is 0 Å². The molecule has 1 aliphatic rings. The van der Waals surface area contributed by atoms with Crippen molar-refractivity contribution in [3.63, 3.8) is 0 Å². The second-order valence-electron chi connectivity index (χ2n) is 5.68. The molecule has 1 aromatic carbocycles. The lowest BCUT2D eigenvalue weighted by molar-refractivity contribution is -0.132. The Morgan fingerprint density at radius 2 is 2.04 bits per heavy atom. The standard InChI is InChI=1S/C16H22BrF3N4/c1-2-21-15(22-9-8-16(18,19)20)23-13-7-10-24(11-13)14-5-3-12(17)4-6-14/h3-6,13H,2,7-11H2,1H3,(H2,21,22,23). The molecule has 1 atom stereocenters. The number of aliphatic imine (C=N–C) groups is 1. The Morgan fingerprint density at radius 3 is 2.67 bits per heavy atom. The predicted molar refractivity (Wildman–Crippen MR) is 94.5 cm³/mol. The van der Waals surface area contributed by atoms with Crippen molar-refractivity contribution in [1.82, 2.24) is 10.6 Å². The number of nitrogens with one attached hydrogen (secondary N) is 2. The Labute approximate surface area is 148 Å². The van der Waals surface area contributed by atoms with Crippen molar-refractivity contribution >= 4 is 27.6 Å². The molecular formula is C16H22BrF3N4. The van der Waals surface area contributed by atoms with E-state index in [0.717, 1.165) is 29.7 Å². The van der Waals surface area contributed by atoms with E-state index in [-0.39, 0.29) is 12.6 Å². The molecule has 1 aliphatic heterocycles. The first kappa shape index (κ1) is 18.9. The Kier molecular flexibility index (Phi) is 6.77. The van der Waals surface area contributed by atoms with E-state index in [1.807, 2.05) is 19.1 Å². The van der Waals surface area contributed by atoms with Crippen LogP contribution in [-0.4, -0.2) is 44.4 Å². The van der Waals surface area contributed by atoms with E-state index < -0.39 is 12.6 Å². The topological polar surface area (TPSA) is 39.7 Å². The smallest absolute Gasteiger partial charge is 0.369 e. The first-order valence-electron chi connectivity index (χ1n) is 7.99. The summed E-state index contributed by atoms with van der Waals surface area (Å²) in [6.45, 7) is 3.94. The van der Waals surface area contributed by atoms with Gasteiger partial charge in [0.05, 0.1) is 13.0 Å². The van der Waals surface area contributed by atoms with Crippen LogP contribution < -0.4 is 15.5 Å². The zero-order valence-electron chi connectivity index (χ0n) is 13.5. The Morgan fingerprint density at radius 1 is 1.33 bits per heavy atom. The van der Waals surface area contributed by atoms with Crippen LogP contribution in [0.25, 0.3) is 0 Å². The van der Waals surface area contributed by atoms with Gasteiger partial charge < -0.3 is 15.5 Å². The largest absolute Gasteiger partial charge is 0.390 e. The highest BCUT2D eigenvalue weighted by atomic mass is 79.9. The molecule has 24 heavy (non-hydrogen) atoms. The molecule has 1 aromatic rings. The van der Waals surface area contributed by atoms with Crippen LogP contribution in [-0.2, 0) is 0 Å². The first-order chi connectivity index (χ1) is 11.4. The quantitative estimate of drug-likeness (QED) is 0.580. The van der Waals surface area contributed by atoms with Gasteiger partial charge in [-0.15, -0.1) is 0 Å². The zero-order chi connectivity index (χ0) is 17.6. The van der Waals surface area contributed by atoms with Gasteiger partial charge in [0.25, 0.3) is 0 Å². The highest BCUT2D eigenvalue weighted by Gasteiger charge is 2.27. The van der Waals surface area contributed by atoms with Crippen LogP contribution in [0.4, 0.5) is 18.9 Å². The fraction of sp³-hybridized carbons (Fsp3) is 0.562. The van der Waals surface area contributed by atoms with Crippen LogP contribution in [0.3, 0.4) is 0 Å². The summed E-state index contributed by atoms with van der Waals surface area (Å²) in [4.78, 5) is 6.27. The van der Waals surface area contributed by atoms with Crippen molar-refractivity contribution in [3.05, 3.63) is 28.7 Å². The lowest BCUT2D eigenvalue weighted by Gasteiger charge is -2.20. The molecule has 0 aliphatic carbocycles. The second-order valence-corrected chi connectivity index (χ2v) is 6.59. The number of alkyl halides is 3. The lowest BCUT2D eigenvalue weighted by atomic mass is 10.3. The molecule has 0 spiro atoms. The van der Waals surface area contributed by atoms with E-state index in [1.54, 1.807) is 0 Å². The normalized spacial score (nSPS) is 18.8. The average Bonchev–Trinajstić information content (AvgIpc) is 2.95. The van der Waals surface area contributed by atoms with Crippen molar-refractivity contribution in [2.75, 3.05) is 31.1 Å². The van der Waals surface area contributed by atoms with Crippen molar-refractivity contribution in [2.24, 2.45) is 4.99 Å². The molecule has 0 aromatic heterocycles. The van der Waals surface area contributed by atoms with Crippen LogP contribution in [0.15, 0.2) is 33.7 Å². The van der Waals surface area contributed by atoms with Gasteiger partial charge in [-0.1, -0.05) is 15.9 Å². The molecule has 1 fully saturated rings. The van der Waals surface area contributed by atoms with Crippen molar-refractivity contribution in [1.29, 1.82) is 0 Å². The SMILES string of the molecule is CCNC(=NCCC(F)(F)F)NC1CCN(c2ccc(Br)cc2)C1. The number of guanidine groups is 1. The van der Waals surface area contributed by atoms with Crippen LogP contribution in [0.1, 0.15) is 19.8 Å². The van der Waals surface area contributed by atoms with Crippen molar-refractivity contribution in [2.45, 2.75) is 32.0 Å². The molecular weight excluding hydrogens is 385 g/mol. The fourth-order valence-electron chi connectivity index (χ4n) is 2.57. The van der Waals surface area contributed by atoms with E-state index in [2.05, 4.69) is 48.6 Å². The number of nitrogens with zero attached hydrogens (tertiary/aromatic N) is 2. The first-order valence-corrected chi connectivity index (χ1v) is 8.79. The summed E-state index contributed by atoms with van der Waals surface area (Å²) in [7, 11) is 0. The summed E-state index contributed by atoms with van der Waals surface area (Å²) >= 11 is 3.42. The summed E-state index contributed by atoms with van der Waals surface area (Å²) in [6, 6.07) is 8.26. The summed E-state index contributed by atoms with van der Waals surface area (Å²) in [6.07, 6.45) is -4.16. The van der Waals surface area contributed by atoms with Gasteiger partial charge in [-0.3, -0.25) is 4.99 Å². The van der Waals surface area contributed by atoms with Gasteiger partial charge in [-0.05, 0) is 37.6 Å². The van der Waals surface area contributed by atoms with E-state index in [0.29, 0.717) is 12.5 Å². The molecule has 1 saturated heterocycles. The highest BCUT2D eigenvalue weighted by molar-refractivity contribution is 9.10. The third-order valence-electron chi connectivity index (χ3n) is 3.73. The second kappa shape index (κ2) is 8.60. The maximum atomic E-state index is 12.2. The van der Waals surface area contributed by atoms with E-state index in [9.17, 15) is 13.2 Å². The number of rotatable bonds is 5. The van der Waals surface area contributed by atoms with Gasteiger partial charge in [0.2, 0.25) is 0 Å². The highest BCUT2D eigenvalue weighted by Crippen LogP contribution is 2.22. The summed E-state index contributed by atoms with van der Waals surface area (Å²) in [5.41, 5.74) is 1.14. The maximum Gasteiger partial charge on any atom is 0.390 e. The molecule has 0 radical (unpaired) electrons. The molecule has 0 saturated carbocycles. The van der Waals surface area contributed by atoms with Crippen molar-refractivity contribution in [3.8, 4) is 0 Å². The number of anilines is 1. The number of hydrogen-bond acceptors (Lipinski definition) is 2. The molecule has 1 heterocycles. The monoisotopic (exact) mass is 406 g/mol. The fourth-order valence-corrected chi connectivity index (χ4v) is 2.84. The molecule has 0 amide bonds. The van der Waals surface area contributed by atoms with E-state index in [4.69, 9.17) is 0 Å². The zero-order valence-corrected chi connectivity index (χ0v) is 15.1. The molecule has 1 unspecified atom stereocenters. The van der Waals surface area contributed by atoms with E-state index in [1.165, 1.54) is 0 Å². The van der Waals surface area contributed by atoms with Gasteiger partial charge in [-0.25, -0.2) is 0 Å². The molecule has 134 valence electrons. The van der Waals surface area contributed by atoms with Crippen molar-refractivity contribution < 1.29 is 13.2 Å². The molecule has 8 heteroatoms. The molecule has 2 N–H and O–H groups in total.